The van der Waals surface area contributed by atoms with E-state index in [4.69, 9.17) is 4.98 Å². The lowest BCUT2D eigenvalue weighted by Gasteiger charge is -2.62. The van der Waals surface area contributed by atoms with Crippen molar-refractivity contribution in [2.24, 2.45) is 11.8 Å². The highest BCUT2D eigenvalue weighted by Crippen LogP contribution is 2.66. The molecule has 32 heavy (non-hydrogen) atoms. The van der Waals surface area contributed by atoms with E-state index in [9.17, 15) is 4.79 Å². The molecule has 4 saturated carbocycles. The Morgan fingerprint density at radius 1 is 0.906 bits per heavy atom. The Kier molecular flexibility index (Phi) is 4.59. The lowest BCUT2D eigenvalue weighted by Crippen LogP contribution is -2.56. The zero-order chi connectivity index (χ0) is 21.9. The quantitative estimate of drug-likeness (QED) is 0.483. The molecule has 0 spiro atoms. The number of nitrogens with one attached hydrogen (secondary N) is 1. The molecule has 0 radical (unpaired) electrons. The van der Waals surface area contributed by atoms with E-state index in [2.05, 4.69) is 41.9 Å². The Morgan fingerprint density at radius 3 is 2.16 bits per heavy atom. The highest BCUT2D eigenvalue weighted by atomic mass is 32.1. The van der Waals surface area contributed by atoms with Crippen LogP contribution < -0.4 is 5.32 Å². The van der Waals surface area contributed by atoms with Crippen LogP contribution >= 0.6 is 11.3 Å². The minimum absolute atomic E-state index is 0.0764. The first-order valence-corrected chi connectivity index (χ1v) is 12.7. The van der Waals surface area contributed by atoms with Gasteiger partial charge in [0.25, 0.3) is 5.91 Å². The van der Waals surface area contributed by atoms with Crippen molar-refractivity contribution in [2.75, 3.05) is 5.32 Å². The minimum Gasteiger partial charge on any atom is -0.298 e. The third kappa shape index (κ3) is 3.31. The summed E-state index contributed by atoms with van der Waals surface area (Å²) in [5.74, 6) is 1.52. The smallest absolute Gasteiger partial charge is 0.257 e. The van der Waals surface area contributed by atoms with Crippen LogP contribution in [0.25, 0.3) is 0 Å². The van der Waals surface area contributed by atoms with Gasteiger partial charge in [-0.1, -0.05) is 47.5 Å². The van der Waals surface area contributed by atoms with Crippen molar-refractivity contribution < 1.29 is 4.79 Å². The van der Waals surface area contributed by atoms with Crippen molar-refractivity contribution in [3.05, 3.63) is 81.9 Å². The SMILES string of the molecule is Cc1ccc(C(=O)Nc2nc(C34C[C@@H]5C[C@@H](CC(c6ccc(C)cc6)(C5)C3)C4)cs2)cc1. The van der Waals surface area contributed by atoms with Crippen LogP contribution in [0.4, 0.5) is 5.13 Å². The highest BCUT2D eigenvalue weighted by molar-refractivity contribution is 7.14. The van der Waals surface area contributed by atoms with Gasteiger partial charge in [0.2, 0.25) is 0 Å². The second-order valence-electron chi connectivity index (χ2n) is 10.7. The van der Waals surface area contributed by atoms with Gasteiger partial charge in [-0.3, -0.25) is 10.1 Å². The van der Waals surface area contributed by atoms with Gasteiger partial charge in [-0.05, 0) is 87.3 Å². The molecule has 4 fully saturated rings. The van der Waals surface area contributed by atoms with Crippen molar-refractivity contribution in [3.8, 4) is 0 Å². The largest absolute Gasteiger partial charge is 0.298 e. The molecule has 4 heteroatoms. The molecular formula is C28H30N2OS. The molecule has 2 unspecified atom stereocenters. The lowest BCUT2D eigenvalue weighted by atomic mass is 9.42. The molecule has 164 valence electrons. The average molecular weight is 443 g/mol. The standard InChI is InChI=1S/C28H30N2OS/c1-18-3-7-22(8-4-18)25(31)30-26-29-24(16-32-26)28-14-20-11-21(15-28)13-27(12-20,17-28)23-9-5-19(2)6-10-23/h3-10,16,20-21H,11-15,17H2,1-2H3,(H,29,30,31)/t20-,21+,27?,28?. The number of amides is 1. The zero-order valence-corrected chi connectivity index (χ0v) is 19.7. The number of carbonyl (C=O) groups is 1. The maximum atomic E-state index is 12.7. The number of hydrogen-bond donors (Lipinski definition) is 1. The number of hydrogen-bond acceptors (Lipinski definition) is 3. The Hall–Kier alpha value is -2.46. The van der Waals surface area contributed by atoms with E-state index < -0.39 is 0 Å². The molecule has 7 rings (SSSR count). The second-order valence-corrected chi connectivity index (χ2v) is 11.6. The van der Waals surface area contributed by atoms with Gasteiger partial charge in [0.05, 0.1) is 5.69 Å². The van der Waals surface area contributed by atoms with Crippen LogP contribution in [0.5, 0.6) is 0 Å². The summed E-state index contributed by atoms with van der Waals surface area (Å²) in [4.78, 5) is 17.7. The van der Waals surface area contributed by atoms with Gasteiger partial charge in [-0.2, -0.15) is 0 Å². The van der Waals surface area contributed by atoms with Crippen molar-refractivity contribution in [2.45, 2.75) is 63.2 Å². The Morgan fingerprint density at radius 2 is 1.50 bits per heavy atom. The Bertz CT molecular complexity index is 1150. The van der Waals surface area contributed by atoms with Crippen LogP contribution in [0.2, 0.25) is 0 Å². The van der Waals surface area contributed by atoms with Crippen LogP contribution in [-0.2, 0) is 10.8 Å². The van der Waals surface area contributed by atoms with Gasteiger partial charge in [-0.25, -0.2) is 4.98 Å². The minimum atomic E-state index is -0.0764. The normalized spacial score (nSPS) is 30.4. The molecule has 4 aliphatic carbocycles. The van der Waals surface area contributed by atoms with Gasteiger partial charge >= 0.3 is 0 Å². The number of nitrogens with zero attached hydrogens (tertiary/aromatic N) is 1. The summed E-state index contributed by atoms with van der Waals surface area (Å²) < 4.78 is 0. The van der Waals surface area contributed by atoms with E-state index in [0.29, 0.717) is 11.0 Å². The zero-order valence-electron chi connectivity index (χ0n) is 18.9. The number of anilines is 1. The van der Waals surface area contributed by atoms with Crippen LogP contribution in [0.3, 0.4) is 0 Å². The van der Waals surface area contributed by atoms with E-state index in [-0.39, 0.29) is 11.3 Å². The third-order valence-electron chi connectivity index (χ3n) is 8.31. The maximum absolute atomic E-state index is 12.7. The van der Waals surface area contributed by atoms with Crippen molar-refractivity contribution >= 4 is 22.4 Å². The molecule has 0 aliphatic heterocycles. The van der Waals surface area contributed by atoms with E-state index in [1.54, 1.807) is 11.3 Å². The molecule has 1 aromatic heterocycles. The van der Waals surface area contributed by atoms with Gasteiger partial charge in [0.1, 0.15) is 0 Å². The third-order valence-corrected chi connectivity index (χ3v) is 9.06. The highest BCUT2D eigenvalue weighted by Gasteiger charge is 2.59. The van der Waals surface area contributed by atoms with Crippen LogP contribution in [0.1, 0.15) is 71.3 Å². The molecule has 3 nitrogen and oxygen atoms in total. The summed E-state index contributed by atoms with van der Waals surface area (Å²) in [6, 6.07) is 17.0. The van der Waals surface area contributed by atoms with E-state index in [0.717, 1.165) is 22.5 Å². The summed E-state index contributed by atoms with van der Waals surface area (Å²) in [5, 5.41) is 6.00. The molecule has 4 atom stereocenters. The predicted octanol–water partition coefficient (Wildman–Crippen LogP) is 6.80. The van der Waals surface area contributed by atoms with Crippen LogP contribution in [0, 0.1) is 25.7 Å². The summed E-state index contributed by atoms with van der Waals surface area (Å²) >= 11 is 1.58. The first kappa shape index (κ1) is 20.2. The topological polar surface area (TPSA) is 42.0 Å². The first-order valence-electron chi connectivity index (χ1n) is 11.8. The van der Waals surface area contributed by atoms with E-state index >= 15 is 0 Å². The molecule has 3 aromatic rings. The summed E-state index contributed by atoms with van der Waals surface area (Å²) in [6.45, 7) is 4.20. The van der Waals surface area contributed by atoms with E-state index in [1.807, 2.05) is 31.2 Å². The number of carbonyl (C=O) groups excluding carboxylic acids is 1. The molecule has 4 aliphatic rings. The van der Waals surface area contributed by atoms with Crippen molar-refractivity contribution in [3.63, 3.8) is 0 Å². The van der Waals surface area contributed by atoms with Gasteiger partial charge in [0, 0.05) is 16.4 Å². The molecule has 2 aromatic carbocycles. The van der Waals surface area contributed by atoms with Gasteiger partial charge in [-0.15, -0.1) is 11.3 Å². The second kappa shape index (κ2) is 7.28. The number of aromatic nitrogens is 1. The Balaban J connectivity index is 1.28. The summed E-state index contributed by atoms with van der Waals surface area (Å²) in [6.07, 6.45) is 7.75. The monoisotopic (exact) mass is 442 g/mol. The summed E-state index contributed by atoms with van der Waals surface area (Å²) in [7, 11) is 0. The van der Waals surface area contributed by atoms with Crippen molar-refractivity contribution in [1.29, 1.82) is 0 Å². The van der Waals surface area contributed by atoms with Crippen LogP contribution in [-0.4, -0.2) is 10.9 Å². The lowest BCUT2D eigenvalue weighted by molar-refractivity contribution is -0.0296. The number of benzene rings is 2. The molecular weight excluding hydrogens is 412 g/mol. The molecule has 1 amide bonds. The first-order chi connectivity index (χ1) is 15.4. The fourth-order valence-corrected chi connectivity index (χ4v) is 8.08. The number of rotatable bonds is 4. The van der Waals surface area contributed by atoms with E-state index in [1.165, 1.54) is 55.3 Å². The Labute approximate surface area is 194 Å². The van der Waals surface area contributed by atoms with Crippen LogP contribution in [0.15, 0.2) is 53.9 Å². The maximum Gasteiger partial charge on any atom is 0.257 e. The molecule has 1 N–H and O–H groups in total. The molecule has 1 heterocycles. The van der Waals surface area contributed by atoms with Crippen molar-refractivity contribution in [1.82, 2.24) is 4.98 Å². The van der Waals surface area contributed by atoms with Gasteiger partial charge in [0.15, 0.2) is 5.13 Å². The number of aryl methyl sites for hydroxylation is 2. The van der Waals surface area contributed by atoms with Gasteiger partial charge < -0.3 is 0 Å². The summed E-state index contributed by atoms with van der Waals surface area (Å²) in [5.41, 5.74) is 6.38. The molecule has 0 saturated heterocycles. The fraction of sp³-hybridized carbons (Fsp3) is 0.429. The molecule has 4 bridgehead atoms. The average Bonchev–Trinajstić information content (AvgIpc) is 3.23. The number of thiazole rings is 1. The fourth-order valence-electron chi connectivity index (χ4n) is 7.26. The predicted molar refractivity (Wildman–Crippen MR) is 130 cm³/mol.